The Morgan fingerprint density at radius 3 is 2.48 bits per heavy atom. The standard InChI is InChI=1S/C16H19F3N4O2/c1-8-2-3-23(8)13-5-12(15(21-20-13)16(17,18)19)22-6-10-9(4-14(24)25)11(10)7-22/h5,8-11H,2-4,6-7H2,1H3,(H,24,25)/t8-,9-,10-,11+/m0/s1. The van der Waals surface area contributed by atoms with Crippen LogP contribution in [0.5, 0.6) is 0 Å². The lowest BCUT2D eigenvalue weighted by molar-refractivity contribution is -0.141. The molecule has 9 heteroatoms. The number of rotatable bonds is 4. The second kappa shape index (κ2) is 5.47. The number of piperidine rings is 1. The lowest BCUT2D eigenvalue weighted by Crippen LogP contribution is -2.46. The molecule has 3 heterocycles. The molecule has 0 spiro atoms. The Morgan fingerprint density at radius 2 is 2.00 bits per heavy atom. The van der Waals surface area contributed by atoms with Crippen molar-refractivity contribution in [1.82, 2.24) is 10.2 Å². The van der Waals surface area contributed by atoms with Crippen molar-refractivity contribution in [3.8, 4) is 0 Å². The molecule has 4 atom stereocenters. The van der Waals surface area contributed by atoms with Gasteiger partial charge in [-0.2, -0.15) is 13.2 Å². The smallest absolute Gasteiger partial charge is 0.437 e. The van der Waals surface area contributed by atoms with Crippen LogP contribution in [-0.2, 0) is 11.0 Å². The fourth-order valence-electron chi connectivity index (χ4n) is 4.16. The number of carboxylic acids is 1. The monoisotopic (exact) mass is 356 g/mol. The Kier molecular flexibility index (Phi) is 3.59. The number of carbonyl (C=O) groups is 1. The fraction of sp³-hybridized carbons (Fsp3) is 0.688. The minimum absolute atomic E-state index is 0.0675. The molecule has 4 rings (SSSR count). The first-order chi connectivity index (χ1) is 11.8. The summed E-state index contributed by atoms with van der Waals surface area (Å²) in [5.74, 6) is 0.0483. The van der Waals surface area contributed by atoms with Crippen LogP contribution in [-0.4, -0.2) is 46.9 Å². The minimum Gasteiger partial charge on any atom is -0.481 e. The number of hydrogen-bond acceptors (Lipinski definition) is 5. The van der Waals surface area contributed by atoms with E-state index in [1.165, 1.54) is 6.07 Å². The number of carboxylic acid groups (broad SMARTS) is 1. The van der Waals surface area contributed by atoms with Crippen LogP contribution >= 0.6 is 0 Å². The maximum atomic E-state index is 13.3. The zero-order valence-electron chi connectivity index (χ0n) is 13.7. The maximum Gasteiger partial charge on any atom is 0.437 e. The highest BCUT2D eigenvalue weighted by molar-refractivity contribution is 5.68. The molecular formula is C16H19F3N4O2. The summed E-state index contributed by atoms with van der Waals surface area (Å²) in [7, 11) is 0. The van der Waals surface area contributed by atoms with Crippen molar-refractivity contribution in [1.29, 1.82) is 0 Å². The molecular weight excluding hydrogens is 337 g/mol. The first kappa shape index (κ1) is 16.4. The quantitative estimate of drug-likeness (QED) is 0.892. The maximum absolute atomic E-state index is 13.3. The third-order valence-corrected chi connectivity index (χ3v) is 5.77. The van der Waals surface area contributed by atoms with Gasteiger partial charge in [0.25, 0.3) is 0 Å². The summed E-state index contributed by atoms with van der Waals surface area (Å²) in [5, 5.41) is 16.2. The van der Waals surface area contributed by atoms with Crippen molar-refractivity contribution in [2.24, 2.45) is 17.8 Å². The van der Waals surface area contributed by atoms with Gasteiger partial charge in [-0.25, -0.2) is 0 Å². The highest BCUT2D eigenvalue weighted by atomic mass is 19.4. The van der Waals surface area contributed by atoms with E-state index >= 15 is 0 Å². The average Bonchev–Trinajstić information content (AvgIpc) is 2.94. The van der Waals surface area contributed by atoms with Crippen molar-refractivity contribution in [3.63, 3.8) is 0 Å². The van der Waals surface area contributed by atoms with Gasteiger partial charge >= 0.3 is 12.1 Å². The largest absolute Gasteiger partial charge is 0.481 e. The van der Waals surface area contributed by atoms with Crippen LogP contribution in [0.2, 0.25) is 0 Å². The third-order valence-electron chi connectivity index (χ3n) is 5.77. The van der Waals surface area contributed by atoms with Crippen molar-refractivity contribution in [2.45, 2.75) is 32.0 Å². The van der Waals surface area contributed by atoms with E-state index in [-0.39, 0.29) is 35.9 Å². The normalized spacial score (nSPS) is 30.9. The van der Waals surface area contributed by atoms with E-state index in [1.807, 2.05) is 11.8 Å². The molecule has 1 aromatic heterocycles. The number of aliphatic carboxylic acids is 1. The number of anilines is 2. The lowest BCUT2D eigenvalue weighted by atomic mass is 10.1. The van der Waals surface area contributed by atoms with Crippen molar-refractivity contribution in [2.75, 3.05) is 29.4 Å². The van der Waals surface area contributed by atoms with Gasteiger partial charge in [-0.05, 0) is 31.1 Å². The van der Waals surface area contributed by atoms with Gasteiger partial charge < -0.3 is 14.9 Å². The molecule has 0 radical (unpaired) electrons. The molecule has 3 aliphatic rings. The van der Waals surface area contributed by atoms with E-state index in [9.17, 15) is 18.0 Å². The molecule has 1 saturated carbocycles. The summed E-state index contributed by atoms with van der Waals surface area (Å²) in [6.45, 7) is 3.68. The molecule has 6 nitrogen and oxygen atoms in total. The topological polar surface area (TPSA) is 69.6 Å². The summed E-state index contributed by atoms with van der Waals surface area (Å²) in [6, 6.07) is 1.74. The summed E-state index contributed by atoms with van der Waals surface area (Å²) in [6.07, 6.45) is -3.47. The van der Waals surface area contributed by atoms with Gasteiger partial charge in [-0.3, -0.25) is 4.79 Å². The SMILES string of the molecule is C[C@H]1CCN1c1cc(N2C[C@@H]3[C@@H](CC(=O)O)[C@@H]3C2)c(C(F)(F)F)nn1. The Bertz CT molecular complexity index is 699. The number of alkyl halides is 3. The van der Waals surface area contributed by atoms with Crippen LogP contribution in [0.15, 0.2) is 6.07 Å². The minimum atomic E-state index is -4.56. The Hall–Kier alpha value is -2.06. The van der Waals surface area contributed by atoms with E-state index in [0.29, 0.717) is 18.9 Å². The fourth-order valence-corrected chi connectivity index (χ4v) is 4.16. The van der Waals surface area contributed by atoms with Gasteiger partial charge in [0.15, 0.2) is 11.5 Å². The van der Waals surface area contributed by atoms with Crippen LogP contribution < -0.4 is 9.80 Å². The first-order valence-corrected chi connectivity index (χ1v) is 8.44. The third kappa shape index (κ3) is 2.79. The molecule has 0 aromatic carbocycles. The molecule has 1 aliphatic carbocycles. The number of nitrogens with zero attached hydrogens (tertiary/aromatic N) is 4. The predicted octanol–water partition coefficient (Wildman–Crippen LogP) is 2.25. The Morgan fingerprint density at radius 1 is 1.32 bits per heavy atom. The molecule has 2 saturated heterocycles. The van der Waals surface area contributed by atoms with Crippen molar-refractivity contribution in [3.05, 3.63) is 11.8 Å². The molecule has 1 N–H and O–H groups in total. The molecule has 136 valence electrons. The van der Waals surface area contributed by atoms with Gasteiger partial charge in [0.05, 0.1) is 5.69 Å². The lowest BCUT2D eigenvalue weighted by Gasteiger charge is -2.40. The second-order valence-corrected chi connectivity index (χ2v) is 7.26. The summed E-state index contributed by atoms with van der Waals surface area (Å²) in [4.78, 5) is 14.5. The van der Waals surface area contributed by atoms with Gasteiger partial charge in [-0.15, -0.1) is 10.2 Å². The summed E-state index contributed by atoms with van der Waals surface area (Å²) in [5.41, 5.74) is -0.890. The van der Waals surface area contributed by atoms with E-state index in [1.54, 1.807) is 4.90 Å². The van der Waals surface area contributed by atoms with Crippen LogP contribution in [0.3, 0.4) is 0 Å². The van der Waals surface area contributed by atoms with E-state index < -0.39 is 17.8 Å². The first-order valence-electron chi connectivity index (χ1n) is 8.44. The van der Waals surface area contributed by atoms with Crippen molar-refractivity contribution < 1.29 is 23.1 Å². The van der Waals surface area contributed by atoms with E-state index in [0.717, 1.165) is 13.0 Å². The number of aromatic nitrogens is 2. The predicted molar refractivity (Wildman–Crippen MR) is 83.4 cm³/mol. The highest BCUT2D eigenvalue weighted by Gasteiger charge is 2.57. The average molecular weight is 356 g/mol. The van der Waals surface area contributed by atoms with Gasteiger partial charge in [-0.1, -0.05) is 0 Å². The molecule has 0 amide bonds. The molecule has 0 unspecified atom stereocenters. The molecule has 1 aromatic rings. The van der Waals surface area contributed by atoms with Gasteiger partial charge in [0.2, 0.25) is 0 Å². The molecule has 2 aliphatic heterocycles. The number of halogens is 3. The summed E-state index contributed by atoms with van der Waals surface area (Å²) >= 11 is 0. The zero-order chi connectivity index (χ0) is 17.9. The highest BCUT2D eigenvalue weighted by Crippen LogP contribution is 2.55. The molecule has 3 fully saturated rings. The molecule has 25 heavy (non-hydrogen) atoms. The van der Waals surface area contributed by atoms with Crippen molar-refractivity contribution >= 4 is 17.5 Å². The van der Waals surface area contributed by atoms with E-state index in [4.69, 9.17) is 5.11 Å². The zero-order valence-corrected chi connectivity index (χ0v) is 13.7. The Labute approximate surface area is 142 Å². The number of hydrogen-bond donors (Lipinski definition) is 1. The van der Waals surface area contributed by atoms with Crippen LogP contribution in [0.25, 0.3) is 0 Å². The van der Waals surface area contributed by atoms with Gasteiger partial charge in [0.1, 0.15) is 0 Å². The summed E-state index contributed by atoms with van der Waals surface area (Å²) < 4.78 is 40.0. The number of fused-ring (bicyclic) bond motifs is 1. The van der Waals surface area contributed by atoms with E-state index in [2.05, 4.69) is 10.2 Å². The van der Waals surface area contributed by atoms with Crippen LogP contribution in [0, 0.1) is 17.8 Å². The second-order valence-electron chi connectivity index (χ2n) is 7.26. The van der Waals surface area contributed by atoms with Crippen LogP contribution in [0.1, 0.15) is 25.5 Å². The van der Waals surface area contributed by atoms with Gasteiger partial charge in [0, 0.05) is 38.2 Å². The Balaban J connectivity index is 1.58. The molecule has 0 bridgehead atoms. The van der Waals surface area contributed by atoms with Crippen LogP contribution in [0.4, 0.5) is 24.7 Å².